The minimum absolute atomic E-state index is 0.0108. The molecule has 28 heteroatoms. The van der Waals surface area contributed by atoms with Gasteiger partial charge >= 0.3 is 0 Å². The number of anilines is 3. The third-order valence-corrected chi connectivity index (χ3v) is 24.8. The minimum atomic E-state index is -1.53. The lowest BCUT2D eigenvalue weighted by molar-refractivity contribution is -0.145. The van der Waals surface area contributed by atoms with Crippen molar-refractivity contribution in [3.8, 4) is 0 Å². The summed E-state index contributed by atoms with van der Waals surface area (Å²) < 4.78 is 0. The van der Waals surface area contributed by atoms with E-state index in [0.29, 0.717) is 59.0 Å². The van der Waals surface area contributed by atoms with E-state index in [2.05, 4.69) is 57.5 Å². The molecular formula is C92H102N14O14. The van der Waals surface area contributed by atoms with Crippen LogP contribution in [0.1, 0.15) is 171 Å². The molecule has 9 aromatic rings. The topological polar surface area (TPSA) is 395 Å². The maximum absolute atomic E-state index is 14.3. The number of nitrogens with one attached hydrogen (secondary N) is 11. The number of aromatic nitrogens is 3. The first-order valence-electron chi connectivity index (χ1n) is 41.5. The molecule has 11 amide bonds. The number of hydrogen-bond donors (Lipinski definition) is 12. The van der Waals surface area contributed by atoms with Gasteiger partial charge in [-0.1, -0.05) is 133 Å². The molecule has 12 N–H and O–H groups in total. The van der Waals surface area contributed by atoms with Crippen LogP contribution in [0.3, 0.4) is 0 Å². The van der Waals surface area contributed by atoms with Gasteiger partial charge < -0.3 is 82.1 Å². The number of aryl methyl sites for hydroxylation is 3. The van der Waals surface area contributed by atoms with Gasteiger partial charge in [0.1, 0.15) is 47.5 Å². The van der Waals surface area contributed by atoms with E-state index in [0.717, 1.165) is 92.5 Å². The second-order valence-corrected chi connectivity index (χ2v) is 35.0. The monoisotopic (exact) mass is 1630 g/mol. The number of Topliss-reactive ketones (excluding diaryl/α,β-unsaturated/α-hetero) is 1. The van der Waals surface area contributed by atoms with Crippen molar-refractivity contribution in [3.63, 3.8) is 0 Å². The van der Waals surface area contributed by atoms with Gasteiger partial charge in [0.25, 0.3) is 29.5 Å². The smallest absolute Gasteiger partial charge is 0.289 e. The Bertz CT molecular complexity index is 5660. The molecule has 9 heterocycles. The van der Waals surface area contributed by atoms with Gasteiger partial charge in [-0.3, -0.25) is 57.5 Å². The Kier molecular flexibility index (Phi) is 22.7. The van der Waals surface area contributed by atoms with Crippen LogP contribution in [-0.4, -0.2) is 186 Å². The zero-order valence-corrected chi connectivity index (χ0v) is 68.7. The summed E-state index contributed by atoms with van der Waals surface area (Å²) in [7, 11) is 0. The van der Waals surface area contributed by atoms with Gasteiger partial charge in [-0.25, -0.2) is 0 Å². The third-order valence-electron chi connectivity index (χ3n) is 24.8. The number of rotatable bonds is 22. The number of para-hydroxylation sites is 3. The molecule has 0 bridgehead atoms. The number of fused-ring (bicyclic) bond motifs is 9. The Morgan fingerprint density at radius 1 is 0.450 bits per heavy atom. The number of carbonyl (C=O) groups excluding carboxylic acids is 13. The Hall–Kier alpha value is -12.6. The zero-order valence-electron chi connectivity index (χ0n) is 68.7. The Morgan fingerprint density at radius 2 is 0.800 bits per heavy atom. The number of aliphatic hydroxyl groups is 1. The van der Waals surface area contributed by atoms with Crippen LogP contribution in [0, 0.1) is 38.5 Å². The second-order valence-electron chi connectivity index (χ2n) is 35.0. The van der Waals surface area contributed by atoms with Gasteiger partial charge in [-0.2, -0.15) is 0 Å². The molecule has 3 spiro atoms. The van der Waals surface area contributed by atoms with E-state index in [9.17, 15) is 67.4 Å². The molecule has 0 radical (unpaired) electrons. The molecular weight excluding hydrogens is 1530 g/mol. The molecule has 5 fully saturated rings. The highest BCUT2D eigenvalue weighted by Crippen LogP contribution is 2.50. The highest BCUT2D eigenvalue weighted by atomic mass is 16.3. The molecule has 624 valence electrons. The summed E-state index contributed by atoms with van der Waals surface area (Å²) >= 11 is 0. The zero-order chi connectivity index (χ0) is 85.1. The molecule has 28 nitrogen and oxygen atoms in total. The first kappa shape index (κ1) is 82.5. The molecule has 120 heavy (non-hydrogen) atoms. The number of ketones is 1. The molecule has 6 aliphatic heterocycles. The number of aromatic amines is 3. The van der Waals surface area contributed by atoms with Gasteiger partial charge in [0, 0.05) is 81.5 Å². The van der Waals surface area contributed by atoms with Crippen LogP contribution < -0.4 is 42.5 Å². The highest BCUT2D eigenvalue weighted by molar-refractivity contribution is 6.39. The number of aldehydes is 1. The SMILES string of the molecule is Cc1cccc2[nH]c(C(=O)N[C@@H](CC(C)C)C(=O)N3C[C@]4(C[C@H]3C(=O)C(=O)NC3CC3)C(=O)Nc3ccccc34)cc12.Cc1cccc2[nH]c(C(=O)N[C@@H](CC(C)C)C(=O)N3C[C@]4(C[C@H]3C(O)C(=O)NC3CC3)C(=O)Nc3ccccc34)cc12.Cc1cccc2[nH]c(C(=O)N[C@@H](CC(C)C)C(=O)N3C[C@]4(C[C@H]3C=O)C(=O)Nc3ccccc34)cc12. The standard InChI is InChI=1S/C32H37N5O5.C32H35N5O5.C28H30N4O4/c2*1-17(2)13-25(35-28(39)24-14-20-18(3)7-6-10-22(20)34-24)30(41)37-16-32(21-8-4-5-9-23(21)36-31(32)42)15-26(37)27(38)29(40)33-19-11-12-19;1-16(2)11-24(30-25(34)23-12-19-17(3)7-6-10-21(19)29-23)26(35)32-15-28(13-18(32)14-33)20-8-4-5-9-22(20)31-27(28)36/h4-10,14,17,19,25-27,34,38H,11-13,15-16H2,1-3H3,(H,33,40)(H,35,39)(H,36,42);4-10,14,17,19,25-26,34H,11-13,15-16H2,1-3H3,(H,33,40)(H,35,39)(H,36,42);4-10,12,14,16,18,24,29H,11,13,15H2,1-3H3,(H,30,34)(H,31,36)/t25-,26-,27?,32-;25-,26-,32-;18-,24-,28-/m000/s1. The first-order chi connectivity index (χ1) is 57.4. The minimum Gasteiger partial charge on any atom is -0.381 e. The van der Waals surface area contributed by atoms with Crippen LogP contribution in [0.4, 0.5) is 17.1 Å². The van der Waals surface area contributed by atoms with Crippen molar-refractivity contribution in [2.45, 2.75) is 197 Å². The quantitative estimate of drug-likeness (QED) is 0.0222. The van der Waals surface area contributed by atoms with Crippen molar-refractivity contribution in [1.29, 1.82) is 0 Å². The summed E-state index contributed by atoms with van der Waals surface area (Å²) in [5.41, 5.74) is 7.57. The largest absolute Gasteiger partial charge is 0.381 e. The van der Waals surface area contributed by atoms with E-state index in [1.165, 1.54) is 14.7 Å². The van der Waals surface area contributed by atoms with Crippen LogP contribution in [-0.2, 0) is 64.2 Å². The summed E-state index contributed by atoms with van der Waals surface area (Å²) in [5.74, 6) is -5.15. The van der Waals surface area contributed by atoms with E-state index in [4.69, 9.17) is 0 Å². The fourth-order valence-electron chi connectivity index (χ4n) is 18.3. The molecule has 2 saturated carbocycles. The Labute approximate surface area is 693 Å². The van der Waals surface area contributed by atoms with Crippen molar-refractivity contribution in [1.82, 2.24) is 56.2 Å². The summed E-state index contributed by atoms with van der Waals surface area (Å²) in [6.07, 6.45) is 3.87. The normalized spacial score (nSPS) is 22.1. The fourth-order valence-corrected chi connectivity index (χ4v) is 18.3. The van der Waals surface area contributed by atoms with E-state index in [-0.39, 0.29) is 98.3 Å². The van der Waals surface area contributed by atoms with Crippen LogP contribution in [0.2, 0.25) is 0 Å². The van der Waals surface area contributed by atoms with Crippen molar-refractivity contribution in [2.75, 3.05) is 35.6 Å². The number of carbonyl (C=O) groups is 13. The number of benzene rings is 6. The van der Waals surface area contributed by atoms with E-state index in [1.54, 1.807) is 30.3 Å². The van der Waals surface area contributed by atoms with Crippen LogP contribution in [0.15, 0.2) is 146 Å². The number of amides is 11. The molecule has 3 aromatic heterocycles. The van der Waals surface area contributed by atoms with Crippen molar-refractivity contribution < 1.29 is 67.4 Å². The van der Waals surface area contributed by atoms with E-state index >= 15 is 0 Å². The maximum atomic E-state index is 14.3. The van der Waals surface area contributed by atoms with Gasteiger partial charge in [0.2, 0.25) is 41.2 Å². The van der Waals surface area contributed by atoms with E-state index < -0.39 is 99.8 Å². The third kappa shape index (κ3) is 16.0. The summed E-state index contributed by atoms with van der Waals surface area (Å²) in [6.45, 7) is 17.7. The van der Waals surface area contributed by atoms with Crippen LogP contribution in [0.25, 0.3) is 32.7 Å². The first-order valence-corrected chi connectivity index (χ1v) is 41.5. The van der Waals surface area contributed by atoms with Gasteiger partial charge in [0.15, 0.2) is 6.10 Å². The summed E-state index contributed by atoms with van der Waals surface area (Å²) in [5, 5.41) is 37.0. The number of nitrogens with zero attached hydrogens (tertiary/aromatic N) is 3. The number of H-pyrrole nitrogens is 3. The van der Waals surface area contributed by atoms with Crippen molar-refractivity contribution >= 4 is 127 Å². The highest BCUT2D eigenvalue weighted by Gasteiger charge is 2.61. The van der Waals surface area contributed by atoms with Crippen LogP contribution in [0.5, 0.6) is 0 Å². The lowest BCUT2D eigenvalue weighted by Crippen LogP contribution is -2.55. The lowest BCUT2D eigenvalue weighted by atomic mass is 9.79. The van der Waals surface area contributed by atoms with Gasteiger partial charge in [-0.15, -0.1) is 0 Å². The predicted molar refractivity (Wildman–Crippen MR) is 451 cm³/mol. The molecule has 2 aliphatic carbocycles. The average molecular weight is 1630 g/mol. The molecule has 6 aromatic carbocycles. The second kappa shape index (κ2) is 33.0. The van der Waals surface area contributed by atoms with Crippen LogP contribution >= 0.6 is 0 Å². The van der Waals surface area contributed by atoms with Gasteiger partial charge in [0.05, 0.1) is 28.3 Å². The number of aliphatic hydroxyl groups excluding tert-OH is 1. The van der Waals surface area contributed by atoms with Gasteiger partial charge in [-0.05, 0) is 191 Å². The average Bonchev–Trinajstić information content (AvgIpc) is 1.57. The summed E-state index contributed by atoms with van der Waals surface area (Å²) in [4.78, 5) is 188. The van der Waals surface area contributed by atoms with Crippen molar-refractivity contribution in [2.24, 2.45) is 17.8 Å². The Morgan fingerprint density at radius 3 is 1.18 bits per heavy atom. The lowest BCUT2D eigenvalue weighted by Gasteiger charge is -2.32. The molecule has 17 rings (SSSR count). The predicted octanol–water partition coefficient (Wildman–Crippen LogP) is 9.02. The van der Waals surface area contributed by atoms with Crippen molar-refractivity contribution in [3.05, 3.63) is 196 Å². The summed E-state index contributed by atoms with van der Waals surface area (Å²) in [6, 6.07) is 39.0. The molecule has 1 unspecified atom stereocenters. The molecule has 10 atom stereocenters. The number of likely N-dealkylation sites (tertiary alicyclic amines) is 3. The van der Waals surface area contributed by atoms with E-state index in [1.807, 2.05) is 178 Å². The Balaban J connectivity index is 0.000000141. The molecule has 3 saturated heterocycles. The number of hydrogen-bond acceptors (Lipinski definition) is 14. The maximum Gasteiger partial charge on any atom is 0.289 e. The fraction of sp³-hybridized carbons (Fsp3) is 0.402. The molecule has 8 aliphatic rings.